The second-order valence-electron chi connectivity index (χ2n) is 4.85. The molecular weight excluding hydrogens is 268 g/mol. The molecular formula is C17H21ClN2. The summed E-state index contributed by atoms with van der Waals surface area (Å²) >= 11 is 6.37. The predicted molar refractivity (Wildman–Crippen MR) is 88.0 cm³/mol. The number of para-hydroxylation sites is 1. The predicted octanol–water partition coefficient (Wildman–Crippen LogP) is 4.61. The van der Waals surface area contributed by atoms with Crippen molar-refractivity contribution < 1.29 is 0 Å². The lowest BCUT2D eigenvalue weighted by Crippen LogP contribution is -2.14. The fraction of sp³-hybridized carbons (Fsp3) is 0.294. The molecule has 2 aromatic rings. The van der Waals surface area contributed by atoms with Crippen molar-refractivity contribution in [2.45, 2.75) is 19.9 Å². The summed E-state index contributed by atoms with van der Waals surface area (Å²) in [5, 5.41) is 4.19. The SMILES string of the molecule is CCCNCc1ccc(N(C)c2ccccc2)cc1Cl. The third-order valence-electron chi connectivity index (χ3n) is 3.31. The summed E-state index contributed by atoms with van der Waals surface area (Å²) in [6, 6.07) is 16.5. The summed E-state index contributed by atoms with van der Waals surface area (Å²) in [5.41, 5.74) is 3.39. The van der Waals surface area contributed by atoms with Crippen LogP contribution in [0.2, 0.25) is 5.02 Å². The molecule has 20 heavy (non-hydrogen) atoms. The van der Waals surface area contributed by atoms with Crippen LogP contribution in [0.4, 0.5) is 11.4 Å². The first-order valence-electron chi connectivity index (χ1n) is 7.00. The van der Waals surface area contributed by atoms with Gasteiger partial charge in [-0.3, -0.25) is 0 Å². The van der Waals surface area contributed by atoms with Gasteiger partial charge in [0.2, 0.25) is 0 Å². The molecule has 0 amide bonds. The molecule has 0 spiro atoms. The number of halogens is 1. The highest BCUT2D eigenvalue weighted by atomic mass is 35.5. The molecule has 1 N–H and O–H groups in total. The Kier molecular flexibility index (Phi) is 5.45. The van der Waals surface area contributed by atoms with Gasteiger partial charge in [-0.2, -0.15) is 0 Å². The van der Waals surface area contributed by atoms with Crippen LogP contribution in [0.1, 0.15) is 18.9 Å². The molecule has 2 rings (SSSR count). The lowest BCUT2D eigenvalue weighted by molar-refractivity contribution is 0.675. The molecule has 0 saturated heterocycles. The average Bonchev–Trinajstić information content (AvgIpc) is 2.49. The van der Waals surface area contributed by atoms with E-state index in [4.69, 9.17) is 11.6 Å². The van der Waals surface area contributed by atoms with Crippen LogP contribution < -0.4 is 10.2 Å². The van der Waals surface area contributed by atoms with Crippen molar-refractivity contribution in [1.29, 1.82) is 0 Å². The minimum Gasteiger partial charge on any atom is -0.345 e. The van der Waals surface area contributed by atoms with Crippen molar-refractivity contribution >= 4 is 23.0 Å². The van der Waals surface area contributed by atoms with E-state index in [-0.39, 0.29) is 0 Å². The topological polar surface area (TPSA) is 15.3 Å². The first-order valence-corrected chi connectivity index (χ1v) is 7.38. The summed E-state index contributed by atoms with van der Waals surface area (Å²) in [7, 11) is 2.05. The maximum atomic E-state index is 6.37. The van der Waals surface area contributed by atoms with E-state index in [1.165, 1.54) is 0 Å². The molecule has 0 aromatic heterocycles. The van der Waals surface area contributed by atoms with Crippen molar-refractivity contribution in [1.82, 2.24) is 5.32 Å². The molecule has 106 valence electrons. The second kappa shape index (κ2) is 7.32. The third kappa shape index (κ3) is 3.75. The van der Waals surface area contributed by atoms with Crippen LogP contribution in [0, 0.1) is 0 Å². The number of hydrogen-bond donors (Lipinski definition) is 1. The lowest BCUT2D eigenvalue weighted by atomic mass is 10.1. The molecule has 0 fully saturated rings. The van der Waals surface area contributed by atoms with E-state index in [1.54, 1.807) is 0 Å². The summed E-state index contributed by atoms with van der Waals surface area (Å²) in [6.07, 6.45) is 1.13. The highest BCUT2D eigenvalue weighted by Crippen LogP contribution is 2.27. The number of benzene rings is 2. The fourth-order valence-electron chi connectivity index (χ4n) is 2.09. The summed E-state index contributed by atoms with van der Waals surface area (Å²) < 4.78 is 0. The maximum absolute atomic E-state index is 6.37. The summed E-state index contributed by atoms with van der Waals surface area (Å²) in [4.78, 5) is 2.13. The van der Waals surface area contributed by atoms with Gasteiger partial charge in [0, 0.05) is 30.0 Å². The van der Waals surface area contributed by atoms with Gasteiger partial charge < -0.3 is 10.2 Å². The van der Waals surface area contributed by atoms with Gasteiger partial charge in [-0.15, -0.1) is 0 Å². The number of rotatable bonds is 6. The first kappa shape index (κ1) is 14.9. The van der Waals surface area contributed by atoms with Crippen LogP contribution in [0.3, 0.4) is 0 Å². The van der Waals surface area contributed by atoms with E-state index >= 15 is 0 Å². The zero-order valence-corrected chi connectivity index (χ0v) is 12.8. The highest BCUT2D eigenvalue weighted by molar-refractivity contribution is 6.31. The van der Waals surface area contributed by atoms with Gasteiger partial charge in [-0.05, 0) is 42.8 Å². The Morgan fingerprint density at radius 2 is 1.80 bits per heavy atom. The number of anilines is 2. The fourth-order valence-corrected chi connectivity index (χ4v) is 2.33. The Balaban J connectivity index is 2.12. The Morgan fingerprint density at radius 1 is 1.05 bits per heavy atom. The van der Waals surface area contributed by atoms with Crippen molar-refractivity contribution in [3.8, 4) is 0 Å². The summed E-state index contributed by atoms with van der Waals surface area (Å²) in [6.45, 7) is 4.00. The molecule has 2 nitrogen and oxygen atoms in total. The van der Waals surface area contributed by atoms with Crippen LogP contribution in [0.15, 0.2) is 48.5 Å². The van der Waals surface area contributed by atoms with Crippen LogP contribution in [-0.2, 0) is 6.54 Å². The Hall–Kier alpha value is -1.51. The minimum atomic E-state index is 0.814. The largest absolute Gasteiger partial charge is 0.345 e. The van der Waals surface area contributed by atoms with Gasteiger partial charge in [-0.1, -0.05) is 42.8 Å². The molecule has 0 aliphatic rings. The van der Waals surface area contributed by atoms with Gasteiger partial charge >= 0.3 is 0 Å². The number of nitrogens with zero attached hydrogens (tertiary/aromatic N) is 1. The molecule has 0 atom stereocenters. The van der Waals surface area contributed by atoms with Crippen LogP contribution >= 0.6 is 11.6 Å². The van der Waals surface area contributed by atoms with Gasteiger partial charge in [0.25, 0.3) is 0 Å². The van der Waals surface area contributed by atoms with Gasteiger partial charge in [0.05, 0.1) is 0 Å². The maximum Gasteiger partial charge on any atom is 0.0471 e. The van der Waals surface area contributed by atoms with Crippen molar-refractivity contribution in [2.75, 3.05) is 18.5 Å². The molecule has 2 aromatic carbocycles. The molecule has 0 bridgehead atoms. The molecule has 0 radical (unpaired) electrons. The molecule has 0 saturated carbocycles. The smallest absolute Gasteiger partial charge is 0.0471 e. The Labute approximate surface area is 126 Å². The van der Waals surface area contributed by atoms with Crippen molar-refractivity contribution in [3.05, 3.63) is 59.1 Å². The monoisotopic (exact) mass is 288 g/mol. The molecule has 0 aliphatic heterocycles. The Bertz CT molecular complexity index is 540. The molecule has 0 unspecified atom stereocenters. The molecule has 0 heterocycles. The van der Waals surface area contributed by atoms with E-state index in [9.17, 15) is 0 Å². The lowest BCUT2D eigenvalue weighted by Gasteiger charge is -2.20. The van der Waals surface area contributed by atoms with E-state index < -0.39 is 0 Å². The zero-order valence-electron chi connectivity index (χ0n) is 12.1. The van der Waals surface area contributed by atoms with E-state index in [1.807, 2.05) is 24.3 Å². The van der Waals surface area contributed by atoms with Crippen molar-refractivity contribution in [3.63, 3.8) is 0 Å². The zero-order chi connectivity index (χ0) is 14.4. The summed E-state index contributed by atoms with van der Waals surface area (Å²) in [5.74, 6) is 0. The van der Waals surface area contributed by atoms with Crippen molar-refractivity contribution in [2.24, 2.45) is 0 Å². The second-order valence-corrected chi connectivity index (χ2v) is 5.25. The van der Waals surface area contributed by atoms with Crippen LogP contribution in [0.25, 0.3) is 0 Å². The van der Waals surface area contributed by atoms with Gasteiger partial charge in [-0.25, -0.2) is 0 Å². The van der Waals surface area contributed by atoms with Gasteiger partial charge in [0.15, 0.2) is 0 Å². The minimum absolute atomic E-state index is 0.814. The van der Waals surface area contributed by atoms with Gasteiger partial charge in [0.1, 0.15) is 0 Å². The average molecular weight is 289 g/mol. The van der Waals surface area contributed by atoms with Crippen LogP contribution in [-0.4, -0.2) is 13.6 Å². The Morgan fingerprint density at radius 3 is 2.45 bits per heavy atom. The molecule has 0 aliphatic carbocycles. The number of hydrogen-bond acceptors (Lipinski definition) is 2. The van der Waals surface area contributed by atoms with E-state index in [0.717, 1.165) is 41.5 Å². The first-order chi connectivity index (χ1) is 9.72. The number of nitrogens with one attached hydrogen (secondary N) is 1. The third-order valence-corrected chi connectivity index (χ3v) is 3.66. The molecule has 3 heteroatoms. The standard InChI is InChI=1S/C17H21ClN2/c1-3-11-19-13-14-9-10-16(12-17(14)18)20(2)15-7-5-4-6-8-15/h4-10,12,19H,3,11,13H2,1-2H3. The normalized spacial score (nSPS) is 10.6. The van der Waals surface area contributed by atoms with E-state index in [0.29, 0.717) is 0 Å². The highest BCUT2D eigenvalue weighted by Gasteiger charge is 2.06. The van der Waals surface area contributed by atoms with E-state index in [2.05, 4.69) is 48.5 Å². The van der Waals surface area contributed by atoms with Crippen LogP contribution in [0.5, 0.6) is 0 Å². The quantitative estimate of drug-likeness (QED) is 0.781.